The van der Waals surface area contributed by atoms with Gasteiger partial charge in [-0.3, -0.25) is 4.79 Å². The van der Waals surface area contributed by atoms with Gasteiger partial charge in [0, 0.05) is 12.1 Å². The first-order valence-electron chi connectivity index (χ1n) is 10.4. The Labute approximate surface area is 189 Å². The number of carbonyl (C=O) groups is 2. The van der Waals surface area contributed by atoms with E-state index >= 15 is 0 Å². The van der Waals surface area contributed by atoms with Crippen LogP contribution < -0.4 is 5.32 Å². The SMILES string of the molecule is Cc1ccc(-c2cc(C(=O)OCC(=O)NCCc3ccc(F)cc3)c3c(C)noc3n2)cc1. The molecule has 0 saturated carbocycles. The van der Waals surface area contributed by atoms with Crippen molar-refractivity contribution in [2.24, 2.45) is 0 Å². The monoisotopic (exact) mass is 447 g/mol. The Balaban J connectivity index is 1.43. The highest BCUT2D eigenvalue weighted by Crippen LogP contribution is 2.27. The highest BCUT2D eigenvalue weighted by Gasteiger charge is 2.21. The molecular weight excluding hydrogens is 425 g/mol. The van der Waals surface area contributed by atoms with Crippen molar-refractivity contribution in [1.82, 2.24) is 15.5 Å². The molecule has 0 fully saturated rings. The normalized spacial score (nSPS) is 10.9. The first kappa shape index (κ1) is 22.1. The third-order valence-corrected chi connectivity index (χ3v) is 5.17. The molecule has 0 bridgehead atoms. The lowest BCUT2D eigenvalue weighted by Gasteiger charge is -2.09. The number of fused-ring (bicyclic) bond motifs is 1. The van der Waals surface area contributed by atoms with E-state index in [4.69, 9.17) is 9.26 Å². The predicted octanol–water partition coefficient (Wildman–Crippen LogP) is 4.16. The van der Waals surface area contributed by atoms with Crippen LogP contribution in [0.15, 0.2) is 59.1 Å². The second kappa shape index (κ2) is 9.60. The number of aromatic nitrogens is 2. The fraction of sp³-hybridized carbons (Fsp3) is 0.200. The van der Waals surface area contributed by atoms with Crippen LogP contribution in [0.3, 0.4) is 0 Å². The van der Waals surface area contributed by atoms with Crippen molar-refractivity contribution in [1.29, 1.82) is 0 Å². The van der Waals surface area contributed by atoms with Crippen molar-refractivity contribution in [3.8, 4) is 11.3 Å². The molecule has 0 aliphatic carbocycles. The van der Waals surface area contributed by atoms with Crippen molar-refractivity contribution in [2.45, 2.75) is 20.3 Å². The number of nitrogens with one attached hydrogen (secondary N) is 1. The summed E-state index contributed by atoms with van der Waals surface area (Å²) in [5.74, 6) is -1.42. The van der Waals surface area contributed by atoms with Gasteiger partial charge in [0.2, 0.25) is 0 Å². The van der Waals surface area contributed by atoms with Crippen LogP contribution in [0.1, 0.15) is 27.2 Å². The minimum absolute atomic E-state index is 0.223. The molecule has 33 heavy (non-hydrogen) atoms. The van der Waals surface area contributed by atoms with E-state index in [1.165, 1.54) is 12.1 Å². The van der Waals surface area contributed by atoms with Crippen molar-refractivity contribution in [3.05, 3.63) is 82.8 Å². The summed E-state index contributed by atoms with van der Waals surface area (Å²) in [6, 6.07) is 15.4. The fourth-order valence-electron chi connectivity index (χ4n) is 3.39. The van der Waals surface area contributed by atoms with Gasteiger partial charge in [-0.1, -0.05) is 47.1 Å². The second-order valence-electron chi connectivity index (χ2n) is 7.67. The second-order valence-corrected chi connectivity index (χ2v) is 7.67. The highest BCUT2D eigenvalue weighted by atomic mass is 19.1. The Morgan fingerprint density at radius 3 is 2.52 bits per heavy atom. The van der Waals surface area contributed by atoms with Gasteiger partial charge in [0.15, 0.2) is 6.61 Å². The zero-order chi connectivity index (χ0) is 23.4. The van der Waals surface area contributed by atoms with E-state index in [0.717, 1.165) is 16.7 Å². The third kappa shape index (κ3) is 5.23. The molecule has 0 atom stereocenters. The van der Waals surface area contributed by atoms with Crippen molar-refractivity contribution < 1.29 is 23.2 Å². The van der Waals surface area contributed by atoms with Crippen LogP contribution in [0.4, 0.5) is 4.39 Å². The topological polar surface area (TPSA) is 94.3 Å². The molecular formula is C25H22FN3O4. The zero-order valence-electron chi connectivity index (χ0n) is 18.2. The molecule has 0 saturated heterocycles. The molecule has 2 aromatic carbocycles. The number of hydrogen-bond donors (Lipinski definition) is 1. The summed E-state index contributed by atoms with van der Waals surface area (Å²) < 4.78 is 23.5. The largest absolute Gasteiger partial charge is 0.452 e. The van der Waals surface area contributed by atoms with Crippen LogP contribution in [-0.2, 0) is 16.0 Å². The van der Waals surface area contributed by atoms with Gasteiger partial charge in [-0.25, -0.2) is 14.2 Å². The van der Waals surface area contributed by atoms with E-state index in [2.05, 4.69) is 15.5 Å². The number of benzene rings is 2. The smallest absolute Gasteiger partial charge is 0.339 e. The molecule has 1 amide bonds. The Kier molecular flexibility index (Phi) is 6.44. The van der Waals surface area contributed by atoms with Crippen LogP contribution in [0.5, 0.6) is 0 Å². The molecule has 4 rings (SSSR count). The summed E-state index contributed by atoms with van der Waals surface area (Å²) in [5.41, 5.74) is 4.29. The van der Waals surface area contributed by atoms with Gasteiger partial charge in [0.1, 0.15) is 5.82 Å². The molecule has 0 aliphatic rings. The molecule has 7 nitrogen and oxygen atoms in total. The lowest BCUT2D eigenvalue weighted by molar-refractivity contribution is -0.124. The number of hydrogen-bond acceptors (Lipinski definition) is 6. The van der Waals surface area contributed by atoms with Crippen molar-refractivity contribution >= 4 is 23.0 Å². The minimum atomic E-state index is -0.671. The standard InChI is InChI=1S/C25H22FN3O4/c1-15-3-7-18(8-4-15)21-13-20(23-16(2)29-33-24(23)28-21)25(31)32-14-22(30)27-12-11-17-5-9-19(26)10-6-17/h3-10,13H,11-12,14H2,1-2H3,(H,27,30). The molecule has 2 aromatic heterocycles. The van der Waals surface area contributed by atoms with Gasteiger partial charge in [-0.15, -0.1) is 0 Å². The molecule has 168 valence electrons. The molecule has 2 heterocycles. The number of aryl methyl sites for hydroxylation is 2. The van der Waals surface area contributed by atoms with E-state index in [1.807, 2.05) is 31.2 Å². The Bertz CT molecular complexity index is 1300. The summed E-state index contributed by atoms with van der Waals surface area (Å²) in [7, 11) is 0. The third-order valence-electron chi connectivity index (χ3n) is 5.17. The number of esters is 1. The Morgan fingerprint density at radius 2 is 1.79 bits per heavy atom. The van der Waals surface area contributed by atoms with Gasteiger partial charge in [-0.2, -0.15) is 0 Å². The van der Waals surface area contributed by atoms with Gasteiger partial charge < -0.3 is 14.6 Å². The minimum Gasteiger partial charge on any atom is -0.452 e. The summed E-state index contributed by atoms with van der Waals surface area (Å²) in [6.45, 7) is 3.59. The fourth-order valence-corrected chi connectivity index (χ4v) is 3.39. The maximum Gasteiger partial charge on any atom is 0.339 e. The quantitative estimate of drug-likeness (QED) is 0.428. The zero-order valence-corrected chi connectivity index (χ0v) is 18.2. The average Bonchev–Trinajstić information content (AvgIpc) is 3.19. The van der Waals surface area contributed by atoms with Crippen molar-refractivity contribution in [2.75, 3.05) is 13.2 Å². The molecule has 1 N–H and O–H groups in total. The Morgan fingerprint density at radius 1 is 1.06 bits per heavy atom. The maximum absolute atomic E-state index is 13.0. The van der Waals surface area contributed by atoms with Crippen molar-refractivity contribution in [3.63, 3.8) is 0 Å². The number of halogens is 1. The van der Waals surface area contributed by atoms with Crippen LogP contribution in [0.25, 0.3) is 22.4 Å². The molecule has 0 unspecified atom stereocenters. The first-order chi connectivity index (χ1) is 15.9. The lowest BCUT2D eigenvalue weighted by atomic mass is 10.0. The van der Waals surface area contributed by atoms with Crippen LogP contribution in [0.2, 0.25) is 0 Å². The van der Waals surface area contributed by atoms with Gasteiger partial charge in [0.05, 0.1) is 22.3 Å². The molecule has 0 radical (unpaired) electrons. The van der Waals surface area contributed by atoms with E-state index < -0.39 is 18.5 Å². The van der Waals surface area contributed by atoms with E-state index in [0.29, 0.717) is 29.7 Å². The van der Waals surface area contributed by atoms with E-state index in [1.54, 1.807) is 25.1 Å². The molecule has 0 spiro atoms. The number of carbonyl (C=O) groups excluding carboxylic acids is 2. The highest BCUT2D eigenvalue weighted by molar-refractivity contribution is 6.04. The summed E-state index contributed by atoms with van der Waals surface area (Å²) in [4.78, 5) is 29.4. The van der Waals surface area contributed by atoms with Gasteiger partial charge in [-0.05, 0) is 44.0 Å². The summed E-state index contributed by atoms with van der Waals surface area (Å²) >= 11 is 0. The molecule has 0 aliphatic heterocycles. The summed E-state index contributed by atoms with van der Waals surface area (Å²) in [6.07, 6.45) is 0.532. The molecule has 8 heteroatoms. The average molecular weight is 447 g/mol. The van der Waals surface area contributed by atoms with Gasteiger partial charge in [0.25, 0.3) is 11.6 Å². The number of rotatable bonds is 7. The number of ether oxygens (including phenoxy) is 1. The van der Waals surface area contributed by atoms with Crippen LogP contribution >= 0.6 is 0 Å². The van der Waals surface area contributed by atoms with Crippen LogP contribution in [0, 0.1) is 19.7 Å². The maximum atomic E-state index is 13.0. The lowest BCUT2D eigenvalue weighted by Crippen LogP contribution is -2.30. The number of nitrogens with zero attached hydrogens (tertiary/aromatic N) is 2. The molecule has 4 aromatic rings. The number of pyridine rings is 1. The van der Waals surface area contributed by atoms with Crippen LogP contribution in [-0.4, -0.2) is 35.2 Å². The first-order valence-corrected chi connectivity index (χ1v) is 10.4. The van der Waals surface area contributed by atoms with Gasteiger partial charge >= 0.3 is 5.97 Å². The predicted molar refractivity (Wildman–Crippen MR) is 120 cm³/mol. The number of amides is 1. The Hall–Kier alpha value is -4.07. The van der Waals surface area contributed by atoms with E-state index in [-0.39, 0.29) is 17.1 Å². The van der Waals surface area contributed by atoms with E-state index in [9.17, 15) is 14.0 Å². The summed E-state index contributed by atoms with van der Waals surface area (Å²) in [5, 5.41) is 7.05.